The highest BCUT2D eigenvalue weighted by atomic mass is 32.2. The monoisotopic (exact) mass is 473 g/mol. The molecule has 2 aromatic carbocycles. The minimum Gasteiger partial charge on any atom is -0.406 e. The van der Waals surface area contributed by atoms with Crippen LogP contribution < -0.4 is 15.0 Å². The molecule has 0 atom stereocenters. The van der Waals surface area contributed by atoms with Gasteiger partial charge in [-0.3, -0.25) is 4.79 Å². The summed E-state index contributed by atoms with van der Waals surface area (Å²) in [4.78, 5) is 14.2. The quantitative estimate of drug-likeness (QED) is 0.666. The molecule has 0 saturated carbocycles. The fourth-order valence-corrected chi connectivity index (χ4v) is 4.19. The maximum atomic E-state index is 12.6. The Morgan fingerprint density at radius 3 is 2.25 bits per heavy atom. The first-order valence-corrected chi connectivity index (χ1v) is 11.0. The van der Waals surface area contributed by atoms with Crippen LogP contribution in [0.25, 0.3) is 0 Å². The predicted molar refractivity (Wildman–Crippen MR) is 111 cm³/mol. The first-order valence-electron chi connectivity index (χ1n) is 9.59. The first-order chi connectivity index (χ1) is 15.0. The lowest BCUT2D eigenvalue weighted by Crippen LogP contribution is -2.36. The number of carbonyl (C=O) groups excluding carboxylic acids is 1. The zero-order valence-electron chi connectivity index (χ0n) is 17.1. The van der Waals surface area contributed by atoms with E-state index in [1.54, 1.807) is 12.1 Å². The molecule has 174 valence electrons. The fraction of sp³-hybridized carbons (Fsp3) is 0.350. The minimum absolute atomic E-state index is 0.266. The maximum Gasteiger partial charge on any atom is 0.573 e. The van der Waals surface area contributed by atoms with Crippen molar-refractivity contribution in [3.05, 3.63) is 48.5 Å². The number of amides is 1. The molecule has 0 aliphatic carbocycles. The summed E-state index contributed by atoms with van der Waals surface area (Å²) in [5.74, 6) is -1.11. The lowest BCUT2D eigenvalue weighted by Gasteiger charge is -2.28. The van der Waals surface area contributed by atoms with Gasteiger partial charge in [0.15, 0.2) is 0 Å². The number of nitrogens with zero attached hydrogens (tertiary/aromatic N) is 2. The van der Waals surface area contributed by atoms with Gasteiger partial charge in [0.2, 0.25) is 15.9 Å². The van der Waals surface area contributed by atoms with Crippen molar-refractivity contribution >= 4 is 27.3 Å². The van der Waals surface area contributed by atoms with Crippen molar-refractivity contribution < 1.29 is 35.9 Å². The summed E-state index contributed by atoms with van der Waals surface area (Å²) >= 11 is 0. The Hall–Kier alpha value is -2.83. The van der Waals surface area contributed by atoms with Crippen LogP contribution in [-0.2, 0) is 19.6 Å². The Labute approximate surface area is 183 Å². The minimum atomic E-state index is -4.88. The molecule has 1 N–H and O–H groups in total. The summed E-state index contributed by atoms with van der Waals surface area (Å²) in [6.07, 6.45) is -4.88. The topological polar surface area (TPSA) is 88.2 Å². The summed E-state index contributed by atoms with van der Waals surface area (Å²) < 4.78 is 71.8. The third-order valence-electron chi connectivity index (χ3n) is 4.66. The molecular formula is C20H22F3N3O5S. The number of benzene rings is 2. The van der Waals surface area contributed by atoms with Gasteiger partial charge >= 0.3 is 6.36 Å². The molecule has 1 aliphatic rings. The average Bonchev–Trinajstić information content (AvgIpc) is 2.74. The van der Waals surface area contributed by atoms with Gasteiger partial charge in [0.05, 0.1) is 24.7 Å². The van der Waals surface area contributed by atoms with Crippen LogP contribution in [0.3, 0.4) is 0 Å². The van der Waals surface area contributed by atoms with Gasteiger partial charge in [0, 0.05) is 31.5 Å². The molecule has 3 rings (SSSR count). The molecule has 0 radical (unpaired) electrons. The van der Waals surface area contributed by atoms with Crippen LogP contribution in [0.15, 0.2) is 53.4 Å². The Balaban J connectivity index is 1.58. The van der Waals surface area contributed by atoms with E-state index in [4.69, 9.17) is 4.74 Å². The van der Waals surface area contributed by atoms with E-state index < -0.39 is 34.6 Å². The van der Waals surface area contributed by atoms with Crippen LogP contribution in [0.1, 0.15) is 0 Å². The molecule has 0 unspecified atom stereocenters. The van der Waals surface area contributed by atoms with E-state index in [0.29, 0.717) is 18.9 Å². The fourth-order valence-electron chi connectivity index (χ4n) is 3.06. The summed E-state index contributed by atoms with van der Waals surface area (Å²) in [5.41, 5.74) is 1.50. The predicted octanol–water partition coefficient (Wildman–Crippen LogP) is 2.68. The van der Waals surface area contributed by atoms with E-state index >= 15 is 0 Å². The molecule has 32 heavy (non-hydrogen) atoms. The van der Waals surface area contributed by atoms with Crippen LogP contribution in [0.4, 0.5) is 24.5 Å². The second-order valence-electron chi connectivity index (χ2n) is 6.97. The number of likely N-dealkylation sites (N-methyl/N-ethyl adjacent to an activating group) is 1. The van der Waals surface area contributed by atoms with Crippen LogP contribution >= 0.6 is 0 Å². The number of ether oxygens (including phenoxy) is 2. The molecule has 0 aromatic heterocycles. The number of anilines is 2. The number of morpholine rings is 1. The summed E-state index contributed by atoms with van der Waals surface area (Å²) in [5, 5.41) is 2.63. The Bertz CT molecular complexity index is 1020. The smallest absolute Gasteiger partial charge is 0.406 e. The van der Waals surface area contributed by atoms with Gasteiger partial charge in [-0.1, -0.05) is 0 Å². The molecule has 8 nitrogen and oxygen atoms in total. The Morgan fingerprint density at radius 1 is 1.09 bits per heavy atom. The zero-order chi connectivity index (χ0) is 23.4. The SMILES string of the molecule is CN(CC(=O)Nc1ccc(N2CCOCC2)cc1)S(=O)(=O)c1ccc(OC(F)(F)F)cc1. The second-order valence-corrected chi connectivity index (χ2v) is 9.02. The normalized spacial score (nSPS) is 15.0. The molecule has 1 aliphatic heterocycles. The highest BCUT2D eigenvalue weighted by Gasteiger charge is 2.31. The van der Waals surface area contributed by atoms with Crippen LogP contribution in [-0.4, -0.2) is 64.9 Å². The zero-order valence-corrected chi connectivity index (χ0v) is 17.9. The maximum absolute atomic E-state index is 12.6. The molecule has 1 heterocycles. The highest BCUT2D eigenvalue weighted by molar-refractivity contribution is 7.89. The molecule has 2 aromatic rings. The first kappa shape index (κ1) is 23.8. The van der Waals surface area contributed by atoms with Crippen molar-refractivity contribution in [2.45, 2.75) is 11.3 Å². The molecule has 12 heteroatoms. The number of nitrogens with one attached hydrogen (secondary N) is 1. The number of hydrogen-bond acceptors (Lipinski definition) is 6. The van der Waals surface area contributed by atoms with Crippen LogP contribution in [0.2, 0.25) is 0 Å². The lowest BCUT2D eigenvalue weighted by molar-refractivity contribution is -0.274. The third kappa shape index (κ3) is 6.34. The van der Waals surface area contributed by atoms with Gasteiger partial charge in [-0.15, -0.1) is 13.2 Å². The van der Waals surface area contributed by atoms with E-state index in [1.165, 1.54) is 7.05 Å². The van der Waals surface area contributed by atoms with E-state index in [0.717, 1.165) is 47.3 Å². The standard InChI is InChI=1S/C20H22F3N3O5S/c1-25(32(28,29)18-8-6-17(7-9-18)31-20(21,22)23)14-19(27)24-15-2-4-16(5-3-15)26-10-12-30-13-11-26/h2-9H,10-14H2,1H3,(H,24,27). The molecule has 1 saturated heterocycles. The van der Waals surface area contributed by atoms with Gasteiger partial charge in [-0.05, 0) is 48.5 Å². The van der Waals surface area contributed by atoms with Crippen molar-refractivity contribution in [3.63, 3.8) is 0 Å². The number of carbonyl (C=O) groups is 1. The molecule has 1 fully saturated rings. The number of hydrogen-bond donors (Lipinski definition) is 1. The van der Waals surface area contributed by atoms with Crippen molar-refractivity contribution in [1.82, 2.24) is 4.31 Å². The van der Waals surface area contributed by atoms with E-state index in [-0.39, 0.29) is 4.90 Å². The lowest BCUT2D eigenvalue weighted by atomic mass is 10.2. The van der Waals surface area contributed by atoms with Gasteiger partial charge in [0.1, 0.15) is 5.75 Å². The van der Waals surface area contributed by atoms with Gasteiger partial charge in [-0.25, -0.2) is 8.42 Å². The molecule has 0 spiro atoms. The van der Waals surface area contributed by atoms with E-state index in [9.17, 15) is 26.4 Å². The van der Waals surface area contributed by atoms with Crippen molar-refractivity contribution in [2.24, 2.45) is 0 Å². The van der Waals surface area contributed by atoms with Crippen LogP contribution in [0, 0.1) is 0 Å². The van der Waals surface area contributed by atoms with Crippen molar-refractivity contribution in [1.29, 1.82) is 0 Å². The van der Waals surface area contributed by atoms with Gasteiger partial charge in [-0.2, -0.15) is 4.31 Å². The summed E-state index contributed by atoms with van der Waals surface area (Å²) in [7, 11) is -2.89. The number of alkyl halides is 3. The molecule has 0 bridgehead atoms. The molecule has 1 amide bonds. The second kappa shape index (κ2) is 9.76. The van der Waals surface area contributed by atoms with Gasteiger partial charge in [0.25, 0.3) is 0 Å². The van der Waals surface area contributed by atoms with Crippen molar-refractivity contribution in [2.75, 3.05) is 50.1 Å². The largest absolute Gasteiger partial charge is 0.573 e. The third-order valence-corrected chi connectivity index (χ3v) is 6.48. The van der Waals surface area contributed by atoms with Gasteiger partial charge < -0.3 is 19.7 Å². The molecular weight excluding hydrogens is 451 g/mol. The number of rotatable bonds is 7. The highest BCUT2D eigenvalue weighted by Crippen LogP contribution is 2.25. The average molecular weight is 473 g/mol. The van der Waals surface area contributed by atoms with Crippen LogP contribution in [0.5, 0.6) is 5.75 Å². The number of sulfonamides is 1. The van der Waals surface area contributed by atoms with E-state index in [1.807, 2.05) is 12.1 Å². The summed E-state index contributed by atoms with van der Waals surface area (Å²) in [6, 6.07) is 10.9. The Morgan fingerprint density at radius 2 is 1.69 bits per heavy atom. The number of halogens is 3. The van der Waals surface area contributed by atoms with Crippen molar-refractivity contribution in [3.8, 4) is 5.75 Å². The summed E-state index contributed by atoms with van der Waals surface area (Å²) in [6.45, 7) is 2.37. The Kier molecular flexibility index (Phi) is 7.26. The van der Waals surface area contributed by atoms with E-state index in [2.05, 4.69) is 15.0 Å².